The summed E-state index contributed by atoms with van der Waals surface area (Å²) in [5, 5.41) is 4.48. The predicted molar refractivity (Wildman–Crippen MR) is 116 cm³/mol. The molecule has 0 radical (unpaired) electrons. The van der Waals surface area contributed by atoms with E-state index in [4.69, 9.17) is 4.74 Å². The Morgan fingerprint density at radius 2 is 1.87 bits per heavy atom. The second kappa shape index (κ2) is 6.84. The van der Waals surface area contributed by atoms with Gasteiger partial charge in [-0.2, -0.15) is 0 Å². The smallest absolute Gasteiger partial charge is 0.337 e. The normalized spacial score (nSPS) is 17.5. The highest BCUT2D eigenvalue weighted by molar-refractivity contribution is 6.11. The lowest BCUT2D eigenvalue weighted by molar-refractivity contribution is -0.139. The molecule has 31 heavy (non-hydrogen) atoms. The van der Waals surface area contributed by atoms with Crippen LogP contribution in [0.1, 0.15) is 34.3 Å². The van der Waals surface area contributed by atoms with Crippen LogP contribution in [0.3, 0.4) is 0 Å². The highest BCUT2D eigenvalue weighted by Crippen LogP contribution is 2.46. The zero-order chi connectivity index (χ0) is 21.9. The van der Waals surface area contributed by atoms with Crippen LogP contribution < -0.4 is 5.32 Å². The summed E-state index contributed by atoms with van der Waals surface area (Å²) in [6, 6.07) is 13.1. The number of aryl methyl sites for hydroxylation is 1. The maximum absolute atomic E-state index is 13.3. The van der Waals surface area contributed by atoms with E-state index in [1.807, 2.05) is 48.1 Å². The number of imide groups is 1. The largest absolute Gasteiger partial charge is 0.465 e. The zero-order valence-corrected chi connectivity index (χ0v) is 17.4. The molecule has 2 aliphatic heterocycles. The van der Waals surface area contributed by atoms with Crippen molar-refractivity contribution >= 4 is 34.4 Å². The highest BCUT2D eigenvalue weighted by atomic mass is 16.5. The number of carbonyl (C=O) groups is 3. The van der Waals surface area contributed by atoms with E-state index < -0.39 is 5.97 Å². The van der Waals surface area contributed by atoms with E-state index >= 15 is 0 Å². The van der Waals surface area contributed by atoms with E-state index in [2.05, 4.69) is 5.32 Å². The van der Waals surface area contributed by atoms with E-state index in [1.54, 1.807) is 12.1 Å². The fourth-order valence-corrected chi connectivity index (χ4v) is 4.65. The number of amides is 2. The molecule has 1 N–H and O–H groups in total. The third kappa shape index (κ3) is 2.77. The SMILES string of the molecule is COC(=O)c1ccc([C@H]2C3=C(CN(C(C)=O)C3=O)Nc3cccc4c3c2cn4C)cc1. The molecule has 1 aromatic heterocycles. The van der Waals surface area contributed by atoms with Crippen LogP contribution in [0.15, 0.2) is 59.9 Å². The van der Waals surface area contributed by atoms with Gasteiger partial charge in [-0.3, -0.25) is 14.5 Å². The molecule has 3 aromatic rings. The first-order valence-corrected chi connectivity index (χ1v) is 9.99. The average Bonchev–Trinajstić information content (AvgIpc) is 3.22. The summed E-state index contributed by atoms with van der Waals surface area (Å²) in [5.74, 6) is -1.37. The van der Waals surface area contributed by atoms with Crippen molar-refractivity contribution in [2.45, 2.75) is 12.8 Å². The van der Waals surface area contributed by atoms with E-state index in [0.717, 1.165) is 33.4 Å². The Bertz CT molecular complexity index is 1300. The Labute approximate surface area is 178 Å². The molecule has 7 nitrogen and oxygen atoms in total. The fraction of sp³-hybridized carbons (Fsp3) is 0.208. The molecule has 0 aliphatic carbocycles. The number of hydrogen-bond donors (Lipinski definition) is 1. The maximum atomic E-state index is 13.3. The minimum atomic E-state index is -0.416. The van der Waals surface area contributed by atoms with Gasteiger partial charge in [-0.05, 0) is 35.4 Å². The fourth-order valence-electron chi connectivity index (χ4n) is 4.65. The van der Waals surface area contributed by atoms with Crippen LogP contribution in [0.5, 0.6) is 0 Å². The molecule has 0 saturated heterocycles. The lowest BCUT2D eigenvalue weighted by Gasteiger charge is -2.19. The summed E-state index contributed by atoms with van der Waals surface area (Å²) in [6.45, 7) is 1.62. The van der Waals surface area contributed by atoms with Crippen molar-refractivity contribution in [1.29, 1.82) is 0 Å². The molecule has 2 amide bonds. The standard InChI is InChI=1S/C24H21N3O4/c1-13(28)27-12-18-22(23(27)29)20(14-7-9-15(10-8-14)24(30)31-3)16-11-26(2)19-6-4-5-17(25-18)21(16)19/h4-11,20,25H,12H2,1-3H3/t20-/m1/s1. The average molecular weight is 415 g/mol. The van der Waals surface area contributed by atoms with Crippen LogP contribution in [0.2, 0.25) is 0 Å². The lowest BCUT2D eigenvalue weighted by atomic mass is 9.84. The van der Waals surface area contributed by atoms with Gasteiger partial charge in [0.1, 0.15) is 0 Å². The van der Waals surface area contributed by atoms with Crippen LogP contribution in [-0.4, -0.2) is 40.9 Å². The van der Waals surface area contributed by atoms with Crippen LogP contribution in [0.4, 0.5) is 5.69 Å². The molecule has 5 rings (SSSR count). The minimum Gasteiger partial charge on any atom is -0.465 e. The summed E-state index contributed by atoms with van der Waals surface area (Å²) >= 11 is 0. The summed E-state index contributed by atoms with van der Waals surface area (Å²) in [7, 11) is 3.32. The van der Waals surface area contributed by atoms with E-state index in [-0.39, 0.29) is 24.3 Å². The molecule has 2 aliphatic rings. The Balaban J connectivity index is 1.75. The van der Waals surface area contributed by atoms with Gasteiger partial charge in [0.2, 0.25) is 5.91 Å². The summed E-state index contributed by atoms with van der Waals surface area (Å²) in [4.78, 5) is 38.6. The molecule has 3 heterocycles. The van der Waals surface area contributed by atoms with Gasteiger partial charge in [0.25, 0.3) is 5.91 Å². The van der Waals surface area contributed by atoms with Crippen molar-refractivity contribution in [1.82, 2.24) is 9.47 Å². The van der Waals surface area contributed by atoms with Crippen LogP contribution in [0, 0.1) is 0 Å². The second-order valence-corrected chi connectivity index (χ2v) is 7.87. The highest BCUT2D eigenvalue weighted by Gasteiger charge is 2.41. The Kier molecular flexibility index (Phi) is 4.22. The van der Waals surface area contributed by atoms with E-state index in [0.29, 0.717) is 11.1 Å². The first kappa shape index (κ1) is 19.1. The number of aromatic nitrogens is 1. The van der Waals surface area contributed by atoms with Crippen LogP contribution >= 0.6 is 0 Å². The number of nitrogens with one attached hydrogen (secondary N) is 1. The second-order valence-electron chi connectivity index (χ2n) is 7.87. The number of ether oxygens (including phenoxy) is 1. The van der Waals surface area contributed by atoms with Gasteiger partial charge >= 0.3 is 5.97 Å². The minimum absolute atomic E-state index is 0.215. The number of anilines is 1. The number of esters is 1. The maximum Gasteiger partial charge on any atom is 0.337 e. The molecule has 7 heteroatoms. The number of nitrogens with zero attached hydrogens (tertiary/aromatic N) is 2. The molecule has 0 spiro atoms. The van der Waals surface area contributed by atoms with Crippen molar-refractivity contribution in [2.24, 2.45) is 7.05 Å². The number of methoxy groups -OCH3 is 1. The van der Waals surface area contributed by atoms with E-state index in [1.165, 1.54) is 18.9 Å². The third-order valence-electron chi connectivity index (χ3n) is 6.09. The topological polar surface area (TPSA) is 80.6 Å². The van der Waals surface area contributed by atoms with Gasteiger partial charge in [-0.1, -0.05) is 18.2 Å². The van der Waals surface area contributed by atoms with Crippen molar-refractivity contribution < 1.29 is 19.1 Å². The quantitative estimate of drug-likeness (QED) is 0.651. The summed E-state index contributed by atoms with van der Waals surface area (Å²) in [6.07, 6.45) is 2.04. The third-order valence-corrected chi connectivity index (χ3v) is 6.09. The first-order valence-electron chi connectivity index (χ1n) is 9.99. The van der Waals surface area contributed by atoms with Gasteiger partial charge < -0.3 is 14.6 Å². The number of rotatable bonds is 2. The van der Waals surface area contributed by atoms with Gasteiger partial charge in [0.15, 0.2) is 0 Å². The van der Waals surface area contributed by atoms with Crippen LogP contribution in [0.25, 0.3) is 10.9 Å². The summed E-state index contributed by atoms with van der Waals surface area (Å²) < 4.78 is 6.85. The molecular weight excluding hydrogens is 394 g/mol. The first-order chi connectivity index (χ1) is 14.9. The van der Waals surface area contributed by atoms with Crippen molar-refractivity contribution in [3.8, 4) is 0 Å². The number of benzene rings is 2. The Hall–Kier alpha value is -3.87. The van der Waals surface area contributed by atoms with Gasteiger partial charge in [0.05, 0.1) is 30.3 Å². The molecule has 0 saturated carbocycles. The molecule has 1 atom stereocenters. The van der Waals surface area contributed by atoms with Gasteiger partial charge in [-0.15, -0.1) is 0 Å². The predicted octanol–water partition coefficient (Wildman–Crippen LogP) is 3.17. The zero-order valence-electron chi connectivity index (χ0n) is 17.4. The number of carbonyl (C=O) groups excluding carboxylic acids is 3. The molecule has 0 bridgehead atoms. The molecule has 2 aromatic carbocycles. The van der Waals surface area contributed by atoms with Crippen LogP contribution in [-0.2, 0) is 21.4 Å². The van der Waals surface area contributed by atoms with E-state index in [9.17, 15) is 14.4 Å². The number of hydrogen-bond acceptors (Lipinski definition) is 5. The lowest BCUT2D eigenvalue weighted by Crippen LogP contribution is -2.33. The van der Waals surface area contributed by atoms with Gasteiger partial charge in [0, 0.05) is 42.9 Å². The molecule has 0 unspecified atom stereocenters. The summed E-state index contributed by atoms with van der Waals surface area (Å²) in [5.41, 5.74) is 5.54. The van der Waals surface area contributed by atoms with Crippen molar-refractivity contribution in [3.05, 3.63) is 76.6 Å². The van der Waals surface area contributed by atoms with Gasteiger partial charge in [-0.25, -0.2) is 4.79 Å². The molecular formula is C24H21N3O4. The van der Waals surface area contributed by atoms with Crippen molar-refractivity contribution in [3.63, 3.8) is 0 Å². The Morgan fingerprint density at radius 3 is 2.55 bits per heavy atom. The monoisotopic (exact) mass is 415 g/mol. The molecule has 0 fully saturated rings. The van der Waals surface area contributed by atoms with Crippen molar-refractivity contribution in [2.75, 3.05) is 19.0 Å². The Morgan fingerprint density at radius 1 is 1.13 bits per heavy atom. The molecule has 156 valence electrons.